The van der Waals surface area contributed by atoms with E-state index in [1.54, 1.807) is 0 Å². The van der Waals surface area contributed by atoms with E-state index in [0.717, 1.165) is 11.6 Å². The maximum atomic E-state index is 6.15. The summed E-state index contributed by atoms with van der Waals surface area (Å²) < 4.78 is 8.33. The summed E-state index contributed by atoms with van der Waals surface area (Å²) in [6, 6.07) is 8.96. The highest BCUT2D eigenvalue weighted by Gasteiger charge is 2.54. The second kappa shape index (κ2) is 4.40. The van der Waals surface area contributed by atoms with Gasteiger partial charge in [-0.05, 0) is 38.3 Å². The number of anilines is 1. The highest BCUT2D eigenvalue weighted by atomic mass is 16.4. The van der Waals surface area contributed by atoms with Crippen molar-refractivity contribution in [3.63, 3.8) is 0 Å². The molecule has 23 heavy (non-hydrogen) atoms. The Balaban J connectivity index is 1.79. The zero-order valence-corrected chi connectivity index (χ0v) is 13.6. The molecule has 0 amide bonds. The second-order valence-electron chi connectivity index (χ2n) is 6.97. The van der Waals surface area contributed by atoms with E-state index in [-0.39, 0.29) is 11.6 Å². The zero-order chi connectivity index (χ0) is 15.6. The number of imidazole rings is 1. The molecule has 118 valence electrons. The molecule has 2 aromatic heterocycles. The molecule has 0 radical (unpaired) electrons. The first-order chi connectivity index (χ1) is 11.2. The van der Waals surface area contributed by atoms with Crippen molar-refractivity contribution in [1.82, 2.24) is 9.38 Å². The van der Waals surface area contributed by atoms with Gasteiger partial charge >= 0.3 is 5.84 Å². The molecule has 4 nitrogen and oxygen atoms in total. The predicted molar refractivity (Wildman–Crippen MR) is 89.7 cm³/mol. The molecule has 1 fully saturated rings. The van der Waals surface area contributed by atoms with Gasteiger partial charge in [0.2, 0.25) is 0 Å². The molecule has 1 atom stereocenters. The molecule has 1 aliphatic heterocycles. The Hall–Kier alpha value is -2.23. The van der Waals surface area contributed by atoms with E-state index in [2.05, 4.69) is 52.4 Å². The maximum Gasteiger partial charge on any atom is 0.306 e. The highest BCUT2D eigenvalue weighted by Crippen LogP contribution is 2.57. The van der Waals surface area contributed by atoms with Gasteiger partial charge in [0.1, 0.15) is 0 Å². The van der Waals surface area contributed by atoms with Crippen molar-refractivity contribution in [1.29, 1.82) is 0 Å². The Morgan fingerprint density at radius 1 is 1.22 bits per heavy atom. The van der Waals surface area contributed by atoms with E-state index < -0.39 is 0 Å². The van der Waals surface area contributed by atoms with E-state index in [4.69, 9.17) is 4.42 Å². The van der Waals surface area contributed by atoms with Crippen LogP contribution < -0.4 is 4.90 Å². The van der Waals surface area contributed by atoms with Gasteiger partial charge in [-0.1, -0.05) is 31.0 Å². The minimum Gasteiger partial charge on any atom is -0.426 e. The van der Waals surface area contributed by atoms with Gasteiger partial charge in [0.25, 0.3) is 0 Å². The lowest BCUT2D eigenvalue weighted by atomic mass is 9.92. The quantitative estimate of drug-likeness (QED) is 0.659. The van der Waals surface area contributed by atoms with Crippen LogP contribution in [-0.4, -0.2) is 9.38 Å². The number of aromatic nitrogens is 2. The molecular weight excluding hydrogens is 286 g/mol. The number of hydrogen-bond donors (Lipinski definition) is 0. The summed E-state index contributed by atoms with van der Waals surface area (Å²) in [5.74, 6) is 1.83. The van der Waals surface area contributed by atoms with Gasteiger partial charge in [-0.25, -0.2) is 4.98 Å². The van der Waals surface area contributed by atoms with Crippen molar-refractivity contribution in [2.45, 2.75) is 51.1 Å². The Bertz CT molecular complexity index is 885. The molecule has 0 saturated heterocycles. The van der Waals surface area contributed by atoms with Crippen LogP contribution in [0.4, 0.5) is 5.69 Å². The summed E-state index contributed by atoms with van der Waals surface area (Å²) in [6.07, 6.45) is 8.80. The first-order valence-electron chi connectivity index (χ1n) is 8.53. The van der Waals surface area contributed by atoms with Crippen molar-refractivity contribution >= 4 is 11.5 Å². The number of para-hydroxylation sites is 1. The Kier molecular flexibility index (Phi) is 2.53. The number of oxazole rings is 1. The summed E-state index contributed by atoms with van der Waals surface area (Å²) in [5.41, 5.74) is 4.05. The third-order valence-corrected chi connectivity index (χ3v) is 5.76. The molecule has 0 N–H and O–H groups in total. The molecule has 0 bridgehead atoms. The van der Waals surface area contributed by atoms with Crippen molar-refractivity contribution in [2.75, 3.05) is 4.90 Å². The Morgan fingerprint density at radius 2 is 2.00 bits per heavy atom. The van der Waals surface area contributed by atoms with E-state index in [9.17, 15) is 0 Å². The fourth-order valence-electron chi connectivity index (χ4n) is 4.85. The van der Waals surface area contributed by atoms with E-state index in [1.165, 1.54) is 42.6 Å². The smallest absolute Gasteiger partial charge is 0.306 e. The van der Waals surface area contributed by atoms with Crippen LogP contribution in [0.15, 0.2) is 41.1 Å². The fourth-order valence-corrected chi connectivity index (χ4v) is 4.85. The van der Waals surface area contributed by atoms with Gasteiger partial charge in [0.05, 0.1) is 17.3 Å². The normalized spacial score (nSPS) is 22.3. The molecule has 4 heteroatoms. The van der Waals surface area contributed by atoms with Gasteiger partial charge in [0.15, 0.2) is 5.76 Å². The molecule has 3 aromatic rings. The third kappa shape index (κ3) is 1.54. The van der Waals surface area contributed by atoms with Gasteiger partial charge in [-0.15, -0.1) is 0 Å². The molecule has 0 unspecified atom stereocenters. The lowest BCUT2D eigenvalue weighted by Gasteiger charge is -2.40. The summed E-state index contributed by atoms with van der Waals surface area (Å²) >= 11 is 0. The van der Waals surface area contributed by atoms with Gasteiger partial charge in [0, 0.05) is 18.1 Å². The van der Waals surface area contributed by atoms with Crippen LogP contribution >= 0.6 is 0 Å². The third-order valence-electron chi connectivity index (χ3n) is 5.76. The number of hydrogen-bond acceptors (Lipinski definition) is 3. The second-order valence-corrected chi connectivity index (χ2v) is 6.97. The SMILES string of the molecule is Cc1ccccc1N1[C@@H](C)c2oc3nccn3c2C12CCCC2. The van der Waals surface area contributed by atoms with E-state index in [0.29, 0.717) is 0 Å². The van der Waals surface area contributed by atoms with Crippen LogP contribution in [-0.2, 0) is 5.54 Å². The van der Waals surface area contributed by atoms with Crippen LogP contribution in [0.25, 0.3) is 5.84 Å². The van der Waals surface area contributed by atoms with Crippen molar-refractivity contribution in [2.24, 2.45) is 0 Å². The van der Waals surface area contributed by atoms with Crippen LogP contribution in [0.5, 0.6) is 0 Å². The van der Waals surface area contributed by atoms with Crippen LogP contribution in [0, 0.1) is 6.92 Å². The largest absolute Gasteiger partial charge is 0.426 e. The first kappa shape index (κ1) is 13.2. The van der Waals surface area contributed by atoms with Gasteiger partial charge in [-0.2, -0.15) is 0 Å². The van der Waals surface area contributed by atoms with Crippen LogP contribution in [0.2, 0.25) is 0 Å². The molecule has 1 saturated carbocycles. The molecule has 1 spiro atoms. The Labute approximate surface area is 135 Å². The average molecular weight is 307 g/mol. The average Bonchev–Trinajstić information content (AvgIpc) is 3.26. The number of aryl methyl sites for hydroxylation is 1. The van der Waals surface area contributed by atoms with Crippen molar-refractivity contribution in [3.8, 4) is 0 Å². The molecule has 3 heterocycles. The van der Waals surface area contributed by atoms with E-state index in [1.807, 2.05) is 12.4 Å². The van der Waals surface area contributed by atoms with E-state index >= 15 is 0 Å². The number of rotatable bonds is 1. The summed E-state index contributed by atoms with van der Waals surface area (Å²) in [5, 5.41) is 0. The predicted octanol–water partition coefficient (Wildman–Crippen LogP) is 4.59. The van der Waals surface area contributed by atoms with Crippen molar-refractivity contribution in [3.05, 3.63) is 53.7 Å². The topological polar surface area (TPSA) is 33.7 Å². The fraction of sp³-hybridized carbons (Fsp3) is 0.421. The standard InChI is InChI=1S/C19H21N3O/c1-13-7-3-4-8-15(13)22-14(2)16-17(19(22)9-5-6-10-19)21-12-11-20-18(21)23-16/h3-4,7-8,11-12,14H,5-6,9-10H2,1-2H3/t14-/m0/s1. The Morgan fingerprint density at radius 3 is 2.78 bits per heavy atom. The van der Waals surface area contributed by atoms with Crippen LogP contribution in [0.1, 0.15) is 55.7 Å². The number of benzene rings is 1. The molecule has 5 rings (SSSR count). The summed E-state index contributed by atoms with van der Waals surface area (Å²) in [6.45, 7) is 4.47. The lowest BCUT2D eigenvalue weighted by molar-refractivity contribution is 0.394. The van der Waals surface area contributed by atoms with Crippen LogP contribution in [0.3, 0.4) is 0 Å². The number of fused-ring (bicyclic) bond motifs is 4. The molecule has 2 aliphatic rings. The molecule has 1 aromatic carbocycles. The number of nitrogens with zero attached hydrogens (tertiary/aromatic N) is 3. The zero-order valence-electron chi connectivity index (χ0n) is 13.6. The molecular formula is C19H21N3O. The molecule has 1 aliphatic carbocycles. The minimum absolute atomic E-state index is 0.0484. The summed E-state index contributed by atoms with van der Waals surface area (Å²) in [7, 11) is 0. The minimum atomic E-state index is 0.0484. The highest BCUT2D eigenvalue weighted by molar-refractivity contribution is 5.62. The first-order valence-corrected chi connectivity index (χ1v) is 8.53. The van der Waals surface area contributed by atoms with Crippen molar-refractivity contribution < 1.29 is 4.42 Å². The van der Waals surface area contributed by atoms with Gasteiger partial charge in [-0.3, -0.25) is 4.40 Å². The lowest BCUT2D eigenvalue weighted by Crippen LogP contribution is -2.41. The summed E-state index contributed by atoms with van der Waals surface area (Å²) in [4.78, 5) is 6.98. The monoisotopic (exact) mass is 307 g/mol. The maximum absolute atomic E-state index is 6.15. The van der Waals surface area contributed by atoms with Gasteiger partial charge < -0.3 is 9.32 Å².